The third-order valence-corrected chi connectivity index (χ3v) is 4.97. The predicted octanol–water partition coefficient (Wildman–Crippen LogP) is 4.42. The van der Waals surface area contributed by atoms with E-state index in [1.807, 2.05) is 0 Å². The van der Waals surface area contributed by atoms with Gasteiger partial charge < -0.3 is 15.6 Å². The molecule has 1 aromatic carbocycles. The zero-order valence-electron chi connectivity index (χ0n) is 14.9. The van der Waals surface area contributed by atoms with Crippen molar-refractivity contribution in [1.29, 1.82) is 0 Å². The number of piperidine rings is 1. The van der Waals surface area contributed by atoms with Crippen LogP contribution in [0.3, 0.4) is 0 Å². The van der Waals surface area contributed by atoms with Gasteiger partial charge in [-0.2, -0.15) is 0 Å². The Morgan fingerprint density at radius 1 is 1.14 bits per heavy atom. The third kappa shape index (κ3) is 3.70. The number of nitrogens with zero attached hydrogens (tertiary/aromatic N) is 1. The highest BCUT2D eigenvalue weighted by molar-refractivity contribution is 5.25. The summed E-state index contributed by atoms with van der Waals surface area (Å²) in [5, 5.41) is 17.5. The SMILES string of the molecule is CCc1ccc(C(C)NC2CC(C)(C)N([O-])C(C)(C)C2)cc1. The number of nitrogens with one attached hydrogen (secondary N) is 1. The van der Waals surface area contributed by atoms with Gasteiger partial charge in [-0.05, 0) is 65.0 Å². The van der Waals surface area contributed by atoms with Gasteiger partial charge in [0.25, 0.3) is 0 Å². The molecule has 1 saturated heterocycles. The fourth-order valence-electron chi connectivity index (χ4n) is 3.87. The summed E-state index contributed by atoms with van der Waals surface area (Å²) >= 11 is 0. The molecule has 1 N–H and O–H groups in total. The van der Waals surface area contributed by atoms with Crippen molar-refractivity contribution in [3.63, 3.8) is 0 Å². The summed E-state index contributed by atoms with van der Waals surface area (Å²) in [6.07, 6.45) is 2.85. The first-order chi connectivity index (χ1) is 10.2. The van der Waals surface area contributed by atoms with E-state index in [2.05, 4.69) is 71.1 Å². The van der Waals surface area contributed by atoms with E-state index in [0.717, 1.165) is 19.3 Å². The van der Waals surface area contributed by atoms with Gasteiger partial charge in [-0.25, -0.2) is 0 Å². The molecule has 1 aliphatic heterocycles. The molecule has 1 atom stereocenters. The molecule has 0 bridgehead atoms. The first-order valence-electron chi connectivity index (χ1n) is 8.48. The van der Waals surface area contributed by atoms with Crippen LogP contribution in [0, 0.1) is 5.21 Å². The van der Waals surface area contributed by atoms with E-state index in [4.69, 9.17) is 0 Å². The van der Waals surface area contributed by atoms with Gasteiger partial charge in [0.1, 0.15) is 0 Å². The predicted molar refractivity (Wildman–Crippen MR) is 93.8 cm³/mol. The monoisotopic (exact) mass is 303 g/mol. The van der Waals surface area contributed by atoms with Crippen LogP contribution in [0.2, 0.25) is 0 Å². The molecule has 124 valence electrons. The van der Waals surface area contributed by atoms with E-state index in [1.165, 1.54) is 16.2 Å². The Bertz CT molecular complexity index is 475. The lowest BCUT2D eigenvalue weighted by Crippen LogP contribution is -2.61. The van der Waals surface area contributed by atoms with E-state index in [0.29, 0.717) is 12.1 Å². The molecule has 22 heavy (non-hydrogen) atoms. The molecule has 3 nitrogen and oxygen atoms in total. The quantitative estimate of drug-likeness (QED) is 0.895. The maximum absolute atomic E-state index is 12.4. The summed E-state index contributed by atoms with van der Waals surface area (Å²) in [5.74, 6) is 0. The molecule has 0 spiro atoms. The van der Waals surface area contributed by atoms with Gasteiger partial charge in [-0.15, -0.1) is 0 Å². The minimum absolute atomic E-state index is 0.306. The highest BCUT2D eigenvalue weighted by Crippen LogP contribution is 2.38. The molecule has 1 heterocycles. The second-order valence-electron chi connectivity index (χ2n) is 8.01. The summed E-state index contributed by atoms with van der Waals surface area (Å²) in [6, 6.07) is 9.53. The van der Waals surface area contributed by atoms with E-state index >= 15 is 0 Å². The highest BCUT2D eigenvalue weighted by atomic mass is 16.5. The van der Waals surface area contributed by atoms with Crippen molar-refractivity contribution in [3.05, 3.63) is 40.6 Å². The molecular formula is C19H31N2O-. The van der Waals surface area contributed by atoms with Gasteiger partial charge in [0.2, 0.25) is 0 Å². The molecule has 1 aliphatic rings. The molecule has 3 heteroatoms. The second-order valence-corrected chi connectivity index (χ2v) is 8.01. The average Bonchev–Trinajstić information content (AvgIpc) is 2.44. The number of benzene rings is 1. The van der Waals surface area contributed by atoms with Gasteiger partial charge >= 0.3 is 0 Å². The van der Waals surface area contributed by atoms with E-state index in [9.17, 15) is 5.21 Å². The summed E-state index contributed by atoms with van der Waals surface area (Å²) in [5.41, 5.74) is 2.06. The Morgan fingerprint density at radius 2 is 1.64 bits per heavy atom. The van der Waals surface area contributed by atoms with Gasteiger partial charge in [-0.3, -0.25) is 0 Å². The highest BCUT2D eigenvalue weighted by Gasteiger charge is 2.40. The van der Waals surface area contributed by atoms with Crippen molar-refractivity contribution in [3.8, 4) is 0 Å². The van der Waals surface area contributed by atoms with E-state index in [1.54, 1.807) is 0 Å². The summed E-state index contributed by atoms with van der Waals surface area (Å²) < 4.78 is 0. The summed E-state index contributed by atoms with van der Waals surface area (Å²) in [4.78, 5) is 0. The van der Waals surface area contributed by atoms with Crippen molar-refractivity contribution >= 4 is 0 Å². The first kappa shape index (κ1) is 17.5. The van der Waals surface area contributed by atoms with Crippen molar-refractivity contribution < 1.29 is 0 Å². The van der Waals surface area contributed by atoms with Gasteiger partial charge in [0.15, 0.2) is 0 Å². The van der Waals surface area contributed by atoms with Crippen molar-refractivity contribution in [1.82, 2.24) is 10.4 Å². The molecule has 1 fully saturated rings. The summed E-state index contributed by atoms with van der Waals surface area (Å²) in [6.45, 7) is 12.6. The molecule has 1 aromatic rings. The average molecular weight is 303 g/mol. The Kier molecular flexibility index (Phi) is 5.00. The van der Waals surface area contributed by atoms with Crippen LogP contribution < -0.4 is 5.32 Å². The van der Waals surface area contributed by atoms with Crippen LogP contribution in [0.1, 0.15) is 71.6 Å². The smallest absolute Gasteiger partial charge is 0.0294 e. The van der Waals surface area contributed by atoms with Crippen LogP contribution in [-0.2, 0) is 6.42 Å². The summed E-state index contributed by atoms with van der Waals surface area (Å²) in [7, 11) is 0. The molecule has 1 unspecified atom stereocenters. The van der Waals surface area contributed by atoms with Crippen molar-refractivity contribution in [2.75, 3.05) is 0 Å². The minimum atomic E-state index is -0.314. The maximum Gasteiger partial charge on any atom is 0.0294 e. The largest absolute Gasteiger partial charge is 0.784 e. The Labute approximate surface area is 135 Å². The zero-order valence-corrected chi connectivity index (χ0v) is 14.9. The number of hydrogen-bond donors (Lipinski definition) is 1. The lowest BCUT2D eigenvalue weighted by Gasteiger charge is -2.60. The molecule has 0 aliphatic carbocycles. The standard InChI is InChI=1S/C19H31N2O/c1-7-15-8-10-16(11-9-15)14(2)20-17-12-18(3,4)21(22)19(5,6)13-17/h8-11,14,17,20H,7,12-13H2,1-6H3/q-1. The van der Waals surface area contributed by atoms with Crippen molar-refractivity contribution in [2.24, 2.45) is 0 Å². The molecule has 0 aromatic heterocycles. The maximum atomic E-state index is 12.4. The molecular weight excluding hydrogens is 272 g/mol. The molecule has 0 amide bonds. The number of aryl methyl sites for hydroxylation is 1. The normalized spacial score (nSPS) is 23.4. The van der Waals surface area contributed by atoms with Crippen LogP contribution >= 0.6 is 0 Å². The van der Waals surface area contributed by atoms with Crippen LogP contribution in [0.25, 0.3) is 0 Å². The van der Waals surface area contributed by atoms with Crippen LogP contribution in [0.15, 0.2) is 24.3 Å². The zero-order chi connectivity index (χ0) is 16.5. The number of hydroxylamine groups is 2. The lowest BCUT2D eigenvalue weighted by molar-refractivity contribution is -0.000392. The van der Waals surface area contributed by atoms with Gasteiger partial charge in [0.05, 0.1) is 0 Å². The van der Waals surface area contributed by atoms with E-state index < -0.39 is 0 Å². The number of rotatable bonds is 4. The van der Waals surface area contributed by atoms with Gasteiger partial charge in [-0.1, -0.05) is 31.2 Å². The van der Waals surface area contributed by atoms with Crippen LogP contribution in [0.4, 0.5) is 0 Å². The molecule has 0 saturated carbocycles. The van der Waals surface area contributed by atoms with Crippen molar-refractivity contribution in [2.45, 2.75) is 84.0 Å². The number of hydrogen-bond acceptors (Lipinski definition) is 3. The Morgan fingerprint density at radius 3 is 2.09 bits per heavy atom. The fourth-order valence-corrected chi connectivity index (χ4v) is 3.87. The molecule has 2 rings (SSSR count). The van der Waals surface area contributed by atoms with Gasteiger partial charge in [0, 0.05) is 23.2 Å². The second kappa shape index (κ2) is 6.31. The lowest BCUT2D eigenvalue weighted by atomic mass is 9.78. The van der Waals surface area contributed by atoms with Crippen LogP contribution in [-0.4, -0.2) is 22.2 Å². The minimum Gasteiger partial charge on any atom is -0.784 e. The Balaban J connectivity index is 2.06. The Hall–Kier alpha value is -0.900. The van der Waals surface area contributed by atoms with E-state index in [-0.39, 0.29) is 11.1 Å². The fraction of sp³-hybridized carbons (Fsp3) is 0.684. The molecule has 0 radical (unpaired) electrons. The third-order valence-electron chi connectivity index (χ3n) is 4.97. The topological polar surface area (TPSA) is 38.3 Å². The van der Waals surface area contributed by atoms with Crippen LogP contribution in [0.5, 0.6) is 0 Å². The first-order valence-corrected chi connectivity index (χ1v) is 8.48.